The summed E-state index contributed by atoms with van der Waals surface area (Å²) in [5.74, 6) is 0. The summed E-state index contributed by atoms with van der Waals surface area (Å²) in [4.78, 5) is 0. The van der Waals surface area contributed by atoms with Crippen LogP contribution in [-0.2, 0) is 6.42 Å². The van der Waals surface area contributed by atoms with Gasteiger partial charge in [-0.3, -0.25) is 4.68 Å². The van der Waals surface area contributed by atoms with Crippen LogP contribution in [0.4, 0.5) is 0 Å². The molecule has 2 heteroatoms. The SMILES string of the molecule is [CH2]n1ccc(CCCC)n1. The number of unbranched alkanes of at least 4 members (excludes halogenated alkanes) is 1. The van der Waals surface area contributed by atoms with E-state index in [0.717, 1.165) is 12.1 Å². The van der Waals surface area contributed by atoms with Crippen LogP contribution < -0.4 is 0 Å². The Morgan fingerprint density at radius 2 is 2.50 bits per heavy atom. The third kappa shape index (κ3) is 1.87. The lowest BCUT2D eigenvalue weighted by molar-refractivity contribution is 0.751. The van der Waals surface area contributed by atoms with Crippen LogP contribution in [0.3, 0.4) is 0 Å². The van der Waals surface area contributed by atoms with Crippen LogP contribution in [0.15, 0.2) is 12.3 Å². The lowest BCUT2D eigenvalue weighted by Gasteiger charge is -1.90. The average Bonchev–Trinajstić information content (AvgIpc) is 2.31. The van der Waals surface area contributed by atoms with Gasteiger partial charge in [-0.1, -0.05) is 13.3 Å². The molecule has 0 saturated carbocycles. The van der Waals surface area contributed by atoms with Gasteiger partial charge in [-0.25, -0.2) is 0 Å². The summed E-state index contributed by atoms with van der Waals surface area (Å²) in [5.41, 5.74) is 1.15. The van der Waals surface area contributed by atoms with Crippen LogP contribution >= 0.6 is 0 Å². The molecule has 0 unspecified atom stereocenters. The van der Waals surface area contributed by atoms with Crippen molar-refractivity contribution >= 4 is 0 Å². The monoisotopic (exact) mass is 137 g/mol. The van der Waals surface area contributed by atoms with Gasteiger partial charge in [-0.05, 0) is 18.9 Å². The molecule has 0 aliphatic carbocycles. The number of aryl methyl sites for hydroxylation is 1. The van der Waals surface area contributed by atoms with Gasteiger partial charge in [-0.15, -0.1) is 0 Å². The Hall–Kier alpha value is -0.790. The molecule has 10 heavy (non-hydrogen) atoms. The number of aromatic nitrogens is 2. The molecule has 0 aromatic carbocycles. The Balaban J connectivity index is 2.42. The summed E-state index contributed by atoms with van der Waals surface area (Å²) >= 11 is 0. The molecule has 0 fully saturated rings. The standard InChI is InChI=1S/C8H13N2/c1-3-4-5-8-6-7-10(2)9-8/h6-7H,2-5H2,1H3. The maximum Gasteiger partial charge on any atom is 0.0624 e. The van der Waals surface area contributed by atoms with E-state index >= 15 is 0 Å². The summed E-state index contributed by atoms with van der Waals surface area (Å²) in [6.45, 7) is 2.18. The summed E-state index contributed by atoms with van der Waals surface area (Å²) in [6.07, 6.45) is 5.41. The predicted octanol–water partition coefficient (Wildman–Crippen LogP) is 1.87. The van der Waals surface area contributed by atoms with E-state index < -0.39 is 0 Å². The first-order valence-electron chi connectivity index (χ1n) is 3.68. The first kappa shape index (κ1) is 7.32. The molecule has 0 spiro atoms. The molecule has 1 heterocycles. The quantitative estimate of drug-likeness (QED) is 0.621. The Morgan fingerprint density at radius 1 is 1.70 bits per heavy atom. The van der Waals surface area contributed by atoms with E-state index in [9.17, 15) is 0 Å². The topological polar surface area (TPSA) is 17.8 Å². The molecule has 1 radical (unpaired) electrons. The van der Waals surface area contributed by atoms with Gasteiger partial charge in [-0.2, -0.15) is 5.10 Å². The lowest BCUT2D eigenvalue weighted by Crippen LogP contribution is -1.89. The van der Waals surface area contributed by atoms with Crippen LogP contribution in [0.5, 0.6) is 0 Å². The second kappa shape index (κ2) is 3.40. The van der Waals surface area contributed by atoms with Crippen molar-refractivity contribution in [3.63, 3.8) is 0 Å². The van der Waals surface area contributed by atoms with Crippen LogP contribution in [0, 0.1) is 7.05 Å². The van der Waals surface area contributed by atoms with Gasteiger partial charge in [0, 0.05) is 6.20 Å². The third-order valence-electron chi connectivity index (χ3n) is 1.48. The van der Waals surface area contributed by atoms with Crippen molar-refractivity contribution in [2.45, 2.75) is 26.2 Å². The lowest BCUT2D eigenvalue weighted by atomic mass is 10.2. The van der Waals surface area contributed by atoms with Gasteiger partial charge in [0.15, 0.2) is 0 Å². The fraction of sp³-hybridized carbons (Fsp3) is 0.500. The zero-order valence-electron chi connectivity index (χ0n) is 6.38. The first-order chi connectivity index (χ1) is 4.83. The van der Waals surface area contributed by atoms with Crippen molar-refractivity contribution in [3.05, 3.63) is 25.0 Å². The van der Waals surface area contributed by atoms with Crippen LogP contribution in [0.25, 0.3) is 0 Å². The molecule has 1 rings (SSSR count). The van der Waals surface area contributed by atoms with Crippen molar-refractivity contribution in [1.82, 2.24) is 9.78 Å². The van der Waals surface area contributed by atoms with E-state index in [1.165, 1.54) is 12.8 Å². The molecule has 0 aliphatic rings. The second-order valence-electron chi connectivity index (χ2n) is 2.45. The Labute approximate surface area is 61.9 Å². The molecule has 1 aromatic heterocycles. The van der Waals surface area contributed by atoms with Crippen molar-refractivity contribution in [1.29, 1.82) is 0 Å². The van der Waals surface area contributed by atoms with Crippen molar-refractivity contribution in [2.75, 3.05) is 0 Å². The van der Waals surface area contributed by atoms with Crippen LogP contribution in [0.1, 0.15) is 25.5 Å². The van der Waals surface area contributed by atoms with Crippen LogP contribution in [0.2, 0.25) is 0 Å². The number of hydrogen-bond acceptors (Lipinski definition) is 1. The predicted molar refractivity (Wildman–Crippen MR) is 41.6 cm³/mol. The van der Waals surface area contributed by atoms with E-state index in [-0.39, 0.29) is 0 Å². The largest absolute Gasteiger partial charge is 0.271 e. The minimum absolute atomic E-state index is 1.08. The molecule has 2 nitrogen and oxygen atoms in total. The zero-order valence-corrected chi connectivity index (χ0v) is 6.38. The zero-order chi connectivity index (χ0) is 7.40. The van der Waals surface area contributed by atoms with E-state index in [4.69, 9.17) is 0 Å². The van der Waals surface area contributed by atoms with E-state index in [0.29, 0.717) is 0 Å². The number of rotatable bonds is 3. The van der Waals surface area contributed by atoms with Gasteiger partial charge in [0.05, 0.1) is 12.7 Å². The molecule has 0 bridgehead atoms. The molecule has 0 N–H and O–H groups in total. The maximum absolute atomic E-state index is 4.15. The fourth-order valence-corrected chi connectivity index (χ4v) is 0.895. The van der Waals surface area contributed by atoms with Crippen molar-refractivity contribution < 1.29 is 0 Å². The highest BCUT2D eigenvalue weighted by atomic mass is 15.2. The Kier molecular flexibility index (Phi) is 2.49. The molecular weight excluding hydrogens is 124 g/mol. The van der Waals surface area contributed by atoms with Gasteiger partial charge >= 0.3 is 0 Å². The summed E-state index contributed by atoms with van der Waals surface area (Å²) in [6, 6.07) is 2.02. The minimum Gasteiger partial charge on any atom is -0.271 e. The van der Waals surface area contributed by atoms with Gasteiger partial charge in [0.2, 0.25) is 0 Å². The Morgan fingerprint density at radius 3 is 3.00 bits per heavy atom. The van der Waals surface area contributed by atoms with Gasteiger partial charge in [0.25, 0.3) is 0 Å². The molecule has 0 saturated heterocycles. The normalized spacial score (nSPS) is 10.2. The summed E-state index contributed by atoms with van der Waals surface area (Å²) < 4.78 is 1.60. The molecule has 1 aromatic rings. The van der Waals surface area contributed by atoms with Crippen LogP contribution in [-0.4, -0.2) is 9.78 Å². The summed E-state index contributed by atoms with van der Waals surface area (Å²) in [5, 5.41) is 4.15. The van der Waals surface area contributed by atoms with E-state index in [2.05, 4.69) is 19.1 Å². The molecular formula is C8H13N2. The second-order valence-corrected chi connectivity index (χ2v) is 2.45. The Bertz CT molecular complexity index is 191. The minimum atomic E-state index is 1.08. The highest BCUT2D eigenvalue weighted by Crippen LogP contribution is 2.00. The molecule has 55 valence electrons. The van der Waals surface area contributed by atoms with Crippen molar-refractivity contribution in [2.24, 2.45) is 0 Å². The maximum atomic E-state index is 4.15. The highest BCUT2D eigenvalue weighted by molar-refractivity contribution is 4.99. The highest BCUT2D eigenvalue weighted by Gasteiger charge is 1.93. The van der Waals surface area contributed by atoms with E-state index in [1.54, 1.807) is 4.68 Å². The number of nitrogens with zero attached hydrogens (tertiary/aromatic N) is 2. The average molecular weight is 137 g/mol. The smallest absolute Gasteiger partial charge is 0.0624 e. The summed E-state index contributed by atoms with van der Waals surface area (Å²) in [7, 11) is 3.65. The van der Waals surface area contributed by atoms with Crippen molar-refractivity contribution in [3.8, 4) is 0 Å². The van der Waals surface area contributed by atoms with Gasteiger partial charge < -0.3 is 0 Å². The molecule has 0 aliphatic heterocycles. The number of hydrogen-bond donors (Lipinski definition) is 0. The van der Waals surface area contributed by atoms with E-state index in [1.807, 2.05) is 12.3 Å². The molecule has 0 atom stereocenters. The first-order valence-corrected chi connectivity index (χ1v) is 3.68. The molecule has 0 amide bonds. The fourth-order valence-electron chi connectivity index (χ4n) is 0.895. The van der Waals surface area contributed by atoms with Gasteiger partial charge in [0.1, 0.15) is 0 Å². The third-order valence-corrected chi connectivity index (χ3v) is 1.48.